The Morgan fingerprint density at radius 3 is 2.27 bits per heavy atom. The Balaban J connectivity index is 3.76. The highest BCUT2D eigenvalue weighted by Crippen LogP contribution is 2.12. The van der Waals surface area contributed by atoms with Crippen molar-refractivity contribution >= 4 is 24.2 Å². The minimum Gasteiger partial charge on any atom is -0.427 e. The number of hydrogen-bond acceptors (Lipinski definition) is 4. The normalized spacial score (nSPS) is 15.7. The molecule has 0 saturated carbocycles. The lowest BCUT2D eigenvalue weighted by atomic mass is 9.71. The Morgan fingerprint density at radius 1 is 1.55 bits per heavy atom. The molecule has 0 bridgehead atoms. The Labute approximate surface area is 72.7 Å². The third-order valence-electron chi connectivity index (χ3n) is 1.54. The average Bonchev–Trinajstić information content (AvgIpc) is 1.87. The van der Waals surface area contributed by atoms with Gasteiger partial charge in [-0.2, -0.15) is 0 Å². The molecule has 0 aliphatic heterocycles. The van der Waals surface area contributed by atoms with E-state index in [2.05, 4.69) is 0 Å². The lowest BCUT2D eigenvalue weighted by Gasteiger charge is -2.12. The van der Waals surface area contributed by atoms with E-state index in [1.165, 1.54) is 0 Å². The summed E-state index contributed by atoms with van der Waals surface area (Å²) in [5.74, 6) is -0.228. The van der Waals surface area contributed by atoms with E-state index in [9.17, 15) is 0 Å². The molecule has 0 unspecified atom stereocenters. The molecule has 0 spiro atoms. The predicted molar refractivity (Wildman–Crippen MR) is 50.5 cm³/mol. The molecule has 0 aliphatic carbocycles. The van der Waals surface area contributed by atoms with E-state index in [1.807, 2.05) is 0 Å². The maximum absolute atomic E-state index is 8.71. The van der Waals surface area contributed by atoms with Crippen molar-refractivity contribution in [2.75, 3.05) is 0 Å². The van der Waals surface area contributed by atoms with Crippen molar-refractivity contribution in [2.45, 2.75) is 32.1 Å². The highest BCUT2D eigenvalue weighted by molar-refractivity contribution is 7.80. The van der Waals surface area contributed by atoms with Crippen LogP contribution < -0.4 is 5.73 Å². The van der Waals surface area contributed by atoms with E-state index in [-0.39, 0.29) is 11.9 Å². The molecule has 64 valence electrons. The molecule has 0 fully saturated rings. The van der Waals surface area contributed by atoms with Gasteiger partial charge in [0.05, 0.1) is 0 Å². The monoisotopic (exact) mass is 175 g/mol. The van der Waals surface area contributed by atoms with Crippen LogP contribution in [0.25, 0.3) is 0 Å². The standard InChI is InChI=1S/C6H14BNO2S/c1-4(7(9)10)3-6(11)5(2)8/h4-5,9-10H,3,8H2,1-2H3/t4-,5-/m0/s1. The van der Waals surface area contributed by atoms with Crippen molar-refractivity contribution in [1.82, 2.24) is 0 Å². The first-order valence-electron chi connectivity index (χ1n) is 3.59. The van der Waals surface area contributed by atoms with Gasteiger partial charge in [0, 0.05) is 10.9 Å². The largest absolute Gasteiger partial charge is 0.454 e. The quantitative estimate of drug-likeness (QED) is 0.414. The highest BCUT2D eigenvalue weighted by atomic mass is 32.1. The van der Waals surface area contributed by atoms with E-state index in [1.54, 1.807) is 13.8 Å². The van der Waals surface area contributed by atoms with Gasteiger partial charge in [-0.05, 0) is 19.2 Å². The van der Waals surface area contributed by atoms with Crippen molar-refractivity contribution in [1.29, 1.82) is 0 Å². The second kappa shape index (κ2) is 4.82. The van der Waals surface area contributed by atoms with Crippen molar-refractivity contribution in [3.8, 4) is 0 Å². The Kier molecular flexibility index (Phi) is 4.84. The Morgan fingerprint density at radius 2 is 2.00 bits per heavy atom. The van der Waals surface area contributed by atoms with Crippen molar-refractivity contribution in [3.63, 3.8) is 0 Å². The molecule has 0 aromatic carbocycles. The van der Waals surface area contributed by atoms with Gasteiger partial charge in [-0.25, -0.2) is 0 Å². The highest BCUT2D eigenvalue weighted by Gasteiger charge is 2.20. The molecule has 11 heavy (non-hydrogen) atoms. The Hall–Kier alpha value is 0.0349. The minimum absolute atomic E-state index is 0.147. The minimum atomic E-state index is -1.30. The van der Waals surface area contributed by atoms with Crippen LogP contribution in [0.2, 0.25) is 5.82 Å². The summed E-state index contributed by atoms with van der Waals surface area (Å²) in [5.41, 5.74) is 5.48. The van der Waals surface area contributed by atoms with Crippen LogP contribution in [-0.4, -0.2) is 28.1 Å². The number of rotatable bonds is 4. The first-order chi connectivity index (χ1) is 4.95. The van der Waals surface area contributed by atoms with Gasteiger partial charge >= 0.3 is 7.12 Å². The topological polar surface area (TPSA) is 66.5 Å². The summed E-state index contributed by atoms with van der Waals surface area (Å²) in [5, 5.41) is 17.4. The number of nitrogens with two attached hydrogens (primary N) is 1. The summed E-state index contributed by atoms with van der Waals surface area (Å²) in [6, 6.07) is -0.147. The van der Waals surface area contributed by atoms with Crippen LogP contribution in [0.4, 0.5) is 0 Å². The van der Waals surface area contributed by atoms with Crippen molar-refractivity contribution in [3.05, 3.63) is 0 Å². The summed E-state index contributed by atoms with van der Waals surface area (Å²) in [4.78, 5) is 0.686. The summed E-state index contributed by atoms with van der Waals surface area (Å²) in [6.07, 6.45) is 0.491. The SMILES string of the molecule is C[C@H](N)C(=S)C[C@H](C)B(O)O. The lowest BCUT2D eigenvalue weighted by molar-refractivity contribution is 0.389. The molecule has 2 atom stereocenters. The molecule has 0 aromatic rings. The molecule has 0 aliphatic rings. The fourth-order valence-corrected chi connectivity index (χ4v) is 0.872. The molecule has 5 heteroatoms. The zero-order valence-electron chi connectivity index (χ0n) is 6.82. The van der Waals surface area contributed by atoms with Crippen LogP contribution in [0, 0.1) is 0 Å². The van der Waals surface area contributed by atoms with Gasteiger partial charge in [-0.1, -0.05) is 19.1 Å². The lowest BCUT2D eigenvalue weighted by Crippen LogP contribution is -2.29. The van der Waals surface area contributed by atoms with Gasteiger partial charge in [0.25, 0.3) is 0 Å². The third kappa shape index (κ3) is 4.47. The summed E-state index contributed by atoms with van der Waals surface area (Å²) in [7, 11) is -1.30. The van der Waals surface area contributed by atoms with E-state index >= 15 is 0 Å². The van der Waals surface area contributed by atoms with Gasteiger partial charge in [-0.15, -0.1) is 0 Å². The van der Waals surface area contributed by atoms with Gasteiger partial charge in [-0.3, -0.25) is 0 Å². The fourth-order valence-electron chi connectivity index (χ4n) is 0.609. The van der Waals surface area contributed by atoms with E-state index in [4.69, 9.17) is 28.0 Å². The molecule has 0 heterocycles. The van der Waals surface area contributed by atoms with Gasteiger partial charge in [0.15, 0.2) is 0 Å². The maximum Gasteiger partial charge on any atom is 0.454 e. The Bertz CT molecular complexity index is 141. The van der Waals surface area contributed by atoms with E-state index in [0.717, 1.165) is 0 Å². The van der Waals surface area contributed by atoms with Gasteiger partial charge in [0.2, 0.25) is 0 Å². The van der Waals surface area contributed by atoms with Crippen LogP contribution >= 0.6 is 12.2 Å². The first kappa shape index (κ1) is 11.0. The zero-order chi connectivity index (χ0) is 9.02. The van der Waals surface area contributed by atoms with E-state index < -0.39 is 7.12 Å². The molecule has 0 amide bonds. The predicted octanol–water partition coefficient (Wildman–Crippen LogP) is -0.0435. The second-order valence-corrected chi connectivity index (χ2v) is 3.37. The summed E-state index contributed by atoms with van der Waals surface area (Å²) >= 11 is 4.93. The average molecular weight is 175 g/mol. The van der Waals surface area contributed by atoms with Crippen LogP contribution in [-0.2, 0) is 0 Å². The van der Waals surface area contributed by atoms with E-state index in [0.29, 0.717) is 11.3 Å². The molecule has 0 rings (SSSR count). The first-order valence-corrected chi connectivity index (χ1v) is 4.00. The number of thiocarbonyl (C=S) groups is 1. The fraction of sp³-hybridized carbons (Fsp3) is 0.833. The van der Waals surface area contributed by atoms with Crippen LogP contribution in [0.3, 0.4) is 0 Å². The summed E-state index contributed by atoms with van der Waals surface area (Å²) < 4.78 is 0. The third-order valence-corrected chi connectivity index (χ3v) is 2.08. The number of hydrogen-bond donors (Lipinski definition) is 3. The molecule has 0 radical (unpaired) electrons. The molecule has 0 aromatic heterocycles. The second-order valence-electron chi connectivity index (χ2n) is 2.85. The molecule has 4 N–H and O–H groups in total. The summed E-state index contributed by atoms with van der Waals surface area (Å²) in [6.45, 7) is 3.51. The molecule has 0 saturated heterocycles. The molecular weight excluding hydrogens is 161 g/mol. The van der Waals surface area contributed by atoms with Gasteiger partial charge < -0.3 is 15.8 Å². The van der Waals surface area contributed by atoms with Crippen molar-refractivity contribution < 1.29 is 10.0 Å². The van der Waals surface area contributed by atoms with Gasteiger partial charge in [0.1, 0.15) is 0 Å². The van der Waals surface area contributed by atoms with Crippen LogP contribution in [0.1, 0.15) is 20.3 Å². The zero-order valence-corrected chi connectivity index (χ0v) is 7.64. The molecule has 3 nitrogen and oxygen atoms in total. The van der Waals surface area contributed by atoms with Crippen molar-refractivity contribution in [2.24, 2.45) is 5.73 Å². The maximum atomic E-state index is 8.71. The van der Waals surface area contributed by atoms with Crippen LogP contribution in [0.5, 0.6) is 0 Å². The van der Waals surface area contributed by atoms with Crippen LogP contribution in [0.15, 0.2) is 0 Å². The molecular formula is C6H14BNO2S. The smallest absolute Gasteiger partial charge is 0.427 e.